The lowest BCUT2D eigenvalue weighted by Gasteiger charge is -2.16. The predicted molar refractivity (Wildman–Crippen MR) is 81.8 cm³/mol. The molecule has 0 radical (unpaired) electrons. The molecule has 0 spiro atoms. The molecule has 0 amide bonds. The number of carboxylic acid groups (broad SMARTS) is 1. The van der Waals surface area contributed by atoms with E-state index in [2.05, 4.69) is 6.58 Å². The summed E-state index contributed by atoms with van der Waals surface area (Å²) >= 11 is 0. The van der Waals surface area contributed by atoms with Gasteiger partial charge in [-0.3, -0.25) is 0 Å². The Balaban J connectivity index is 3.37. The molecule has 0 aromatic heterocycles. The van der Waals surface area contributed by atoms with Gasteiger partial charge in [-0.1, -0.05) is 33.3 Å². The van der Waals surface area contributed by atoms with Crippen molar-refractivity contribution < 1.29 is 19.4 Å². The van der Waals surface area contributed by atoms with E-state index < -0.39 is 11.9 Å². The minimum absolute atomic E-state index is 0.287. The molecule has 0 atom stereocenters. The quantitative estimate of drug-likeness (QED) is 0.471. The molecule has 4 heteroatoms. The molecule has 0 fully saturated rings. The number of hydrogen-bond acceptors (Lipinski definition) is 3. The molecule has 1 aromatic rings. The first kappa shape index (κ1) is 17.0. The van der Waals surface area contributed by atoms with Crippen molar-refractivity contribution in [2.75, 3.05) is 0 Å². The van der Waals surface area contributed by atoms with Gasteiger partial charge in [0, 0.05) is 5.57 Å². The molecule has 0 aliphatic heterocycles. The molecule has 1 N–H and O–H groups in total. The molecule has 1 aromatic carbocycles. The van der Waals surface area contributed by atoms with Crippen LogP contribution in [0.2, 0.25) is 0 Å². The summed E-state index contributed by atoms with van der Waals surface area (Å²) in [6, 6.07) is 3.07. The molecule has 0 saturated carbocycles. The summed E-state index contributed by atoms with van der Waals surface area (Å²) < 4.78 is 5.35. The van der Waals surface area contributed by atoms with Gasteiger partial charge in [-0.25, -0.2) is 9.59 Å². The van der Waals surface area contributed by atoms with Crippen molar-refractivity contribution in [2.45, 2.75) is 46.5 Å². The Labute approximate surface area is 125 Å². The van der Waals surface area contributed by atoms with E-state index in [1.165, 1.54) is 6.07 Å². The summed E-state index contributed by atoms with van der Waals surface area (Å²) in [5.74, 6) is -0.996. The lowest BCUT2D eigenvalue weighted by molar-refractivity contribution is -0.130. The largest absolute Gasteiger partial charge is 0.478 e. The Morgan fingerprint density at radius 3 is 2.19 bits per heavy atom. The van der Waals surface area contributed by atoms with Gasteiger partial charge in [-0.15, -0.1) is 0 Å². The van der Waals surface area contributed by atoms with Gasteiger partial charge in [0.1, 0.15) is 5.75 Å². The molecule has 21 heavy (non-hydrogen) atoms. The summed E-state index contributed by atoms with van der Waals surface area (Å²) in [5, 5.41) is 9.32. The fraction of sp³-hybridized carbons (Fsp3) is 0.412. The van der Waals surface area contributed by atoms with E-state index in [0.717, 1.165) is 24.0 Å². The van der Waals surface area contributed by atoms with E-state index in [4.69, 9.17) is 4.74 Å². The van der Waals surface area contributed by atoms with Crippen LogP contribution in [0.3, 0.4) is 0 Å². The molecule has 4 nitrogen and oxygen atoms in total. The van der Waals surface area contributed by atoms with Crippen molar-refractivity contribution >= 4 is 11.9 Å². The minimum atomic E-state index is -0.950. The maximum absolute atomic E-state index is 11.7. The SMILES string of the molecule is C=C(C)C(=O)Oc1ccc(C(=O)O)c(CCC)c1CCC. The Hall–Kier alpha value is -2.10. The number of ether oxygens (including phenoxy) is 1. The Kier molecular flexibility index (Phi) is 6.15. The smallest absolute Gasteiger partial charge is 0.338 e. The van der Waals surface area contributed by atoms with Gasteiger partial charge in [-0.05, 0) is 43.0 Å². The minimum Gasteiger partial charge on any atom is -0.478 e. The fourth-order valence-electron chi connectivity index (χ4n) is 2.21. The number of carbonyl (C=O) groups is 2. The van der Waals surface area contributed by atoms with E-state index in [0.29, 0.717) is 24.2 Å². The van der Waals surface area contributed by atoms with Crippen LogP contribution in [0.1, 0.15) is 55.1 Å². The number of rotatable bonds is 7. The highest BCUT2D eigenvalue weighted by molar-refractivity contribution is 5.91. The molecule has 0 aliphatic rings. The fourth-order valence-corrected chi connectivity index (χ4v) is 2.21. The van der Waals surface area contributed by atoms with Crippen LogP contribution in [0.5, 0.6) is 5.75 Å². The van der Waals surface area contributed by atoms with Crippen LogP contribution in [-0.4, -0.2) is 17.0 Å². The van der Waals surface area contributed by atoms with Crippen molar-refractivity contribution in [1.82, 2.24) is 0 Å². The average molecular weight is 290 g/mol. The summed E-state index contributed by atoms with van der Waals surface area (Å²) in [6.07, 6.45) is 3.00. The summed E-state index contributed by atoms with van der Waals surface area (Å²) in [7, 11) is 0. The van der Waals surface area contributed by atoms with Crippen molar-refractivity contribution in [1.29, 1.82) is 0 Å². The van der Waals surface area contributed by atoms with Crippen molar-refractivity contribution in [3.05, 3.63) is 41.0 Å². The number of benzene rings is 1. The van der Waals surface area contributed by atoms with Gasteiger partial charge >= 0.3 is 11.9 Å². The monoisotopic (exact) mass is 290 g/mol. The molecule has 0 bridgehead atoms. The first-order valence-corrected chi connectivity index (χ1v) is 7.18. The highest BCUT2D eigenvalue weighted by Crippen LogP contribution is 2.29. The van der Waals surface area contributed by atoms with E-state index in [9.17, 15) is 14.7 Å². The van der Waals surface area contributed by atoms with Gasteiger partial charge in [-0.2, -0.15) is 0 Å². The highest BCUT2D eigenvalue weighted by atomic mass is 16.5. The second-order valence-electron chi connectivity index (χ2n) is 5.04. The maximum atomic E-state index is 11.7. The summed E-state index contributed by atoms with van der Waals surface area (Å²) in [4.78, 5) is 23.1. The van der Waals surface area contributed by atoms with E-state index in [1.54, 1.807) is 13.0 Å². The van der Waals surface area contributed by atoms with E-state index in [1.807, 2.05) is 13.8 Å². The van der Waals surface area contributed by atoms with Crippen LogP contribution in [0.4, 0.5) is 0 Å². The third kappa shape index (κ3) is 4.18. The first-order valence-electron chi connectivity index (χ1n) is 7.18. The lowest BCUT2D eigenvalue weighted by atomic mass is 9.93. The topological polar surface area (TPSA) is 63.6 Å². The Morgan fingerprint density at radius 1 is 1.14 bits per heavy atom. The zero-order chi connectivity index (χ0) is 16.0. The Morgan fingerprint density at radius 2 is 1.71 bits per heavy atom. The normalized spacial score (nSPS) is 10.2. The second-order valence-corrected chi connectivity index (χ2v) is 5.04. The van der Waals surface area contributed by atoms with Crippen LogP contribution >= 0.6 is 0 Å². The maximum Gasteiger partial charge on any atom is 0.338 e. The van der Waals surface area contributed by atoms with Gasteiger partial charge < -0.3 is 9.84 Å². The highest BCUT2D eigenvalue weighted by Gasteiger charge is 2.19. The third-order valence-corrected chi connectivity index (χ3v) is 3.17. The number of aromatic carboxylic acids is 1. The molecular weight excluding hydrogens is 268 g/mol. The van der Waals surface area contributed by atoms with Gasteiger partial charge in [0.25, 0.3) is 0 Å². The second kappa shape index (κ2) is 7.62. The Bertz CT molecular complexity index is 558. The number of carboxylic acids is 1. The molecule has 0 saturated heterocycles. The molecule has 114 valence electrons. The number of carbonyl (C=O) groups excluding carboxylic acids is 1. The van der Waals surface area contributed by atoms with Crippen LogP contribution in [0.15, 0.2) is 24.3 Å². The summed E-state index contributed by atoms with van der Waals surface area (Å²) in [5.41, 5.74) is 2.18. The van der Waals surface area contributed by atoms with Crippen molar-refractivity contribution in [3.8, 4) is 5.75 Å². The van der Waals surface area contributed by atoms with Crippen LogP contribution in [0, 0.1) is 0 Å². The standard InChI is InChI=1S/C17H22O4/c1-5-7-12-13(8-6-2)15(21-17(20)11(3)4)10-9-14(12)16(18)19/h9-10H,3,5-8H2,1-2,4H3,(H,18,19). The van der Waals surface area contributed by atoms with Crippen LogP contribution in [0.25, 0.3) is 0 Å². The van der Waals surface area contributed by atoms with E-state index >= 15 is 0 Å². The third-order valence-electron chi connectivity index (χ3n) is 3.17. The summed E-state index contributed by atoms with van der Waals surface area (Å²) in [6.45, 7) is 9.15. The van der Waals surface area contributed by atoms with Gasteiger partial charge in [0.05, 0.1) is 5.56 Å². The van der Waals surface area contributed by atoms with Crippen LogP contribution in [-0.2, 0) is 17.6 Å². The molecule has 1 rings (SSSR count). The average Bonchev–Trinajstić information content (AvgIpc) is 2.42. The molecule has 0 aliphatic carbocycles. The number of esters is 1. The molecular formula is C17H22O4. The molecule has 0 unspecified atom stereocenters. The van der Waals surface area contributed by atoms with Crippen molar-refractivity contribution in [2.24, 2.45) is 0 Å². The van der Waals surface area contributed by atoms with Gasteiger partial charge in [0.2, 0.25) is 0 Å². The van der Waals surface area contributed by atoms with Crippen molar-refractivity contribution in [3.63, 3.8) is 0 Å². The lowest BCUT2D eigenvalue weighted by Crippen LogP contribution is -2.13. The molecule has 0 heterocycles. The van der Waals surface area contributed by atoms with E-state index in [-0.39, 0.29) is 5.56 Å². The predicted octanol–water partition coefficient (Wildman–Crippen LogP) is 3.77. The first-order chi connectivity index (χ1) is 9.92. The zero-order valence-corrected chi connectivity index (χ0v) is 12.9. The van der Waals surface area contributed by atoms with Gasteiger partial charge in [0.15, 0.2) is 0 Å². The zero-order valence-electron chi connectivity index (χ0n) is 12.9. The number of hydrogen-bond donors (Lipinski definition) is 1. The van der Waals surface area contributed by atoms with Crippen LogP contribution < -0.4 is 4.74 Å².